The Morgan fingerprint density at radius 3 is 2.30 bits per heavy atom. The highest BCUT2D eigenvalue weighted by molar-refractivity contribution is 6.11. The summed E-state index contributed by atoms with van der Waals surface area (Å²) in [5, 5.41) is 6.32. The van der Waals surface area contributed by atoms with Crippen molar-refractivity contribution in [1.29, 1.82) is 0 Å². The first-order valence-electron chi connectivity index (χ1n) is 10.1. The van der Waals surface area contributed by atoms with E-state index in [9.17, 15) is 9.59 Å². The lowest BCUT2D eigenvalue weighted by molar-refractivity contribution is -0.123. The van der Waals surface area contributed by atoms with Gasteiger partial charge in [0.25, 0.3) is 0 Å². The molecule has 2 N–H and O–H groups in total. The molecule has 5 heteroatoms. The van der Waals surface area contributed by atoms with Crippen LogP contribution in [0.25, 0.3) is 0 Å². The number of rotatable bonds is 5. The molecule has 0 unspecified atom stereocenters. The molecule has 1 aliphatic heterocycles. The molecule has 1 heterocycles. The Bertz CT molecular complexity index is 1050. The lowest BCUT2D eigenvalue weighted by Crippen LogP contribution is -2.50. The second-order valence-corrected chi connectivity index (χ2v) is 7.63. The standard InChI is InChI=1S/C25H25N3O2/c1-17-12-14-20(15-13-17)24(19-8-4-3-5-9-19)26-18(2)25(30)28-16-23(29)27-21-10-6-7-11-22(21)28/h3-15,18,24,26H,16H2,1-2H3,(H,27,29)/t18-,24+/m0/s1. The lowest BCUT2D eigenvalue weighted by atomic mass is 9.97. The van der Waals surface area contributed by atoms with Crippen molar-refractivity contribution in [3.05, 3.63) is 95.6 Å². The fourth-order valence-corrected chi connectivity index (χ4v) is 3.77. The maximum atomic E-state index is 13.3. The van der Waals surface area contributed by atoms with Crippen LogP contribution in [0.4, 0.5) is 11.4 Å². The molecule has 0 radical (unpaired) electrons. The van der Waals surface area contributed by atoms with E-state index < -0.39 is 6.04 Å². The Labute approximate surface area is 176 Å². The quantitative estimate of drug-likeness (QED) is 0.681. The van der Waals surface area contributed by atoms with Crippen molar-refractivity contribution < 1.29 is 9.59 Å². The summed E-state index contributed by atoms with van der Waals surface area (Å²) in [6.07, 6.45) is 0. The molecular weight excluding hydrogens is 374 g/mol. The van der Waals surface area contributed by atoms with E-state index in [-0.39, 0.29) is 24.4 Å². The van der Waals surface area contributed by atoms with Crippen molar-refractivity contribution in [1.82, 2.24) is 5.32 Å². The van der Waals surface area contributed by atoms with Crippen LogP contribution in [0.1, 0.15) is 29.7 Å². The average molecular weight is 399 g/mol. The normalized spacial score (nSPS) is 15.1. The van der Waals surface area contributed by atoms with Crippen molar-refractivity contribution in [2.45, 2.75) is 25.9 Å². The van der Waals surface area contributed by atoms with Gasteiger partial charge in [-0.2, -0.15) is 0 Å². The van der Waals surface area contributed by atoms with Crippen molar-refractivity contribution >= 4 is 23.2 Å². The van der Waals surface area contributed by atoms with Crippen molar-refractivity contribution in [2.24, 2.45) is 0 Å². The molecule has 0 bridgehead atoms. The topological polar surface area (TPSA) is 61.4 Å². The Hall–Kier alpha value is -3.44. The number of nitrogens with zero attached hydrogens (tertiary/aromatic N) is 1. The summed E-state index contributed by atoms with van der Waals surface area (Å²) in [4.78, 5) is 27.0. The van der Waals surface area contributed by atoms with Gasteiger partial charge in [0, 0.05) is 0 Å². The van der Waals surface area contributed by atoms with Crippen LogP contribution in [0.15, 0.2) is 78.9 Å². The molecule has 1 aliphatic rings. The Balaban J connectivity index is 1.61. The Kier molecular flexibility index (Phi) is 5.63. The summed E-state index contributed by atoms with van der Waals surface area (Å²) < 4.78 is 0. The molecule has 152 valence electrons. The molecule has 0 saturated carbocycles. The zero-order valence-corrected chi connectivity index (χ0v) is 17.1. The summed E-state index contributed by atoms with van der Waals surface area (Å²) >= 11 is 0. The number of hydrogen-bond acceptors (Lipinski definition) is 3. The third kappa shape index (κ3) is 4.11. The van der Waals surface area contributed by atoms with Gasteiger partial charge < -0.3 is 5.32 Å². The number of amides is 2. The molecule has 3 aromatic rings. The van der Waals surface area contributed by atoms with Gasteiger partial charge in [-0.15, -0.1) is 0 Å². The first-order valence-corrected chi connectivity index (χ1v) is 10.1. The molecule has 0 aromatic heterocycles. The Morgan fingerprint density at radius 2 is 1.57 bits per heavy atom. The van der Waals surface area contributed by atoms with E-state index in [2.05, 4.69) is 54.0 Å². The summed E-state index contributed by atoms with van der Waals surface area (Å²) in [5.74, 6) is -0.322. The molecule has 2 amide bonds. The van der Waals surface area contributed by atoms with E-state index in [0.29, 0.717) is 5.69 Å². The first-order chi connectivity index (χ1) is 14.5. The van der Waals surface area contributed by atoms with Crippen molar-refractivity contribution in [2.75, 3.05) is 16.8 Å². The van der Waals surface area contributed by atoms with Crippen molar-refractivity contribution in [3.63, 3.8) is 0 Å². The summed E-state index contributed by atoms with van der Waals surface area (Å²) in [5.41, 5.74) is 4.74. The predicted octanol–water partition coefficient (Wildman–Crippen LogP) is 4.05. The van der Waals surface area contributed by atoms with Gasteiger partial charge in [-0.05, 0) is 37.1 Å². The number of benzene rings is 3. The van der Waals surface area contributed by atoms with Crippen molar-refractivity contribution in [3.8, 4) is 0 Å². The minimum atomic E-state index is -0.490. The summed E-state index contributed by atoms with van der Waals surface area (Å²) in [6.45, 7) is 3.92. The number of nitrogens with one attached hydrogen (secondary N) is 2. The largest absolute Gasteiger partial charge is 0.323 e. The van der Waals surface area contributed by atoms with E-state index >= 15 is 0 Å². The van der Waals surface area contributed by atoms with Crippen LogP contribution >= 0.6 is 0 Å². The molecule has 0 fully saturated rings. The second kappa shape index (κ2) is 8.51. The van der Waals surface area contributed by atoms with Gasteiger partial charge in [0.2, 0.25) is 11.8 Å². The molecule has 4 rings (SSSR count). The zero-order chi connectivity index (χ0) is 21.1. The Morgan fingerprint density at radius 1 is 0.933 bits per heavy atom. The average Bonchev–Trinajstić information content (AvgIpc) is 2.77. The maximum absolute atomic E-state index is 13.3. The highest BCUT2D eigenvalue weighted by atomic mass is 16.2. The van der Waals surface area contributed by atoms with Gasteiger partial charge in [-0.1, -0.05) is 72.3 Å². The second-order valence-electron chi connectivity index (χ2n) is 7.63. The minimum absolute atomic E-state index is 0.0163. The van der Waals surface area contributed by atoms with Crippen LogP contribution in [0, 0.1) is 6.92 Å². The number of carbonyl (C=O) groups is 2. The molecule has 0 aliphatic carbocycles. The number of para-hydroxylation sites is 2. The van der Waals surface area contributed by atoms with Gasteiger partial charge >= 0.3 is 0 Å². The third-order valence-corrected chi connectivity index (χ3v) is 5.37. The van der Waals surface area contributed by atoms with Crippen LogP contribution < -0.4 is 15.5 Å². The molecular formula is C25H25N3O2. The number of aryl methyl sites for hydroxylation is 1. The maximum Gasteiger partial charge on any atom is 0.244 e. The van der Waals surface area contributed by atoms with Gasteiger partial charge in [-0.3, -0.25) is 19.8 Å². The van der Waals surface area contributed by atoms with E-state index in [0.717, 1.165) is 16.8 Å². The minimum Gasteiger partial charge on any atom is -0.323 e. The molecule has 3 aromatic carbocycles. The fourth-order valence-electron chi connectivity index (χ4n) is 3.77. The van der Waals surface area contributed by atoms with Crippen LogP contribution in [-0.2, 0) is 9.59 Å². The molecule has 5 nitrogen and oxygen atoms in total. The SMILES string of the molecule is Cc1ccc([C@H](N[C@@H](C)C(=O)N2CC(=O)Nc3ccccc32)c2ccccc2)cc1. The van der Waals surface area contributed by atoms with Crippen LogP contribution in [0.2, 0.25) is 0 Å². The van der Waals surface area contributed by atoms with Crippen LogP contribution in [0.5, 0.6) is 0 Å². The van der Waals surface area contributed by atoms with Gasteiger partial charge in [0.1, 0.15) is 6.54 Å². The van der Waals surface area contributed by atoms with Gasteiger partial charge in [-0.25, -0.2) is 0 Å². The molecule has 30 heavy (non-hydrogen) atoms. The first kappa shape index (κ1) is 19.9. The fraction of sp³-hybridized carbons (Fsp3) is 0.200. The van der Waals surface area contributed by atoms with Crippen LogP contribution in [-0.4, -0.2) is 24.4 Å². The monoisotopic (exact) mass is 399 g/mol. The summed E-state index contributed by atoms with van der Waals surface area (Å²) in [7, 11) is 0. The number of carbonyl (C=O) groups excluding carboxylic acids is 2. The third-order valence-electron chi connectivity index (χ3n) is 5.37. The smallest absolute Gasteiger partial charge is 0.244 e. The number of anilines is 2. The highest BCUT2D eigenvalue weighted by Crippen LogP contribution is 2.30. The predicted molar refractivity (Wildman–Crippen MR) is 119 cm³/mol. The van der Waals surface area contributed by atoms with Gasteiger partial charge in [0.05, 0.1) is 23.5 Å². The van der Waals surface area contributed by atoms with Crippen LogP contribution in [0.3, 0.4) is 0 Å². The molecule has 0 spiro atoms. The zero-order valence-electron chi connectivity index (χ0n) is 17.1. The highest BCUT2D eigenvalue weighted by Gasteiger charge is 2.31. The van der Waals surface area contributed by atoms with Gasteiger partial charge in [0.15, 0.2) is 0 Å². The van der Waals surface area contributed by atoms with E-state index in [4.69, 9.17) is 0 Å². The number of hydrogen-bond donors (Lipinski definition) is 2. The molecule has 2 atom stereocenters. The van der Waals surface area contributed by atoms with E-state index in [1.165, 1.54) is 5.56 Å². The van der Waals surface area contributed by atoms with E-state index in [1.807, 2.05) is 49.4 Å². The lowest BCUT2D eigenvalue weighted by Gasteiger charge is -2.32. The van der Waals surface area contributed by atoms with E-state index in [1.54, 1.807) is 4.90 Å². The molecule has 0 saturated heterocycles. The number of fused-ring (bicyclic) bond motifs is 1. The summed E-state index contributed by atoms with van der Waals surface area (Å²) in [6, 6.07) is 25.1.